The van der Waals surface area contributed by atoms with Gasteiger partial charge in [-0.1, -0.05) is 18.1 Å². The Labute approximate surface area is 106 Å². The van der Waals surface area contributed by atoms with Crippen LogP contribution in [-0.4, -0.2) is 18.1 Å². The Morgan fingerprint density at radius 1 is 1.39 bits per heavy atom. The second-order valence-electron chi connectivity index (χ2n) is 3.89. The predicted molar refractivity (Wildman–Crippen MR) is 67.5 cm³/mol. The van der Waals surface area contributed by atoms with Gasteiger partial charge in [0.05, 0.1) is 6.04 Å². The summed E-state index contributed by atoms with van der Waals surface area (Å²) in [6, 6.07) is 5.89. The maximum absolute atomic E-state index is 13.4. The first-order chi connectivity index (χ1) is 8.54. The van der Waals surface area contributed by atoms with Crippen molar-refractivity contribution in [2.75, 3.05) is 0 Å². The van der Waals surface area contributed by atoms with Crippen LogP contribution in [0.2, 0.25) is 0 Å². The van der Waals surface area contributed by atoms with Gasteiger partial charge in [-0.25, -0.2) is 4.39 Å². The lowest BCUT2D eigenvalue weighted by Crippen LogP contribution is -2.42. The quantitative estimate of drug-likeness (QED) is 0.830. The molecule has 0 saturated heterocycles. The van der Waals surface area contributed by atoms with Crippen LogP contribution < -0.4 is 10.1 Å². The highest BCUT2D eigenvalue weighted by atomic mass is 19.1. The van der Waals surface area contributed by atoms with Crippen molar-refractivity contribution in [3.63, 3.8) is 0 Å². The molecular formula is C14H16FNO2. The second kappa shape index (κ2) is 6.65. The molecule has 18 heavy (non-hydrogen) atoms. The molecule has 0 aromatic heterocycles. The summed E-state index contributed by atoms with van der Waals surface area (Å²) in [6.45, 7) is 5.13. The molecule has 3 nitrogen and oxygen atoms in total. The predicted octanol–water partition coefficient (Wildman–Crippen LogP) is 2.12. The molecule has 0 radical (unpaired) electrons. The number of amides is 1. The molecule has 0 aliphatic rings. The minimum Gasteiger partial charge on any atom is -0.486 e. The van der Waals surface area contributed by atoms with Crippen molar-refractivity contribution in [3.8, 4) is 17.6 Å². The lowest BCUT2D eigenvalue weighted by molar-refractivity contribution is -0.116. The van der Waals surface area contributed by atoms with E-state index in [4.69, 9.17) is 4.74 Å². The van der Waals surface area contributed by atoms with Gasteiger partial charge < -0.3 is 10.1 Å². The fraction of sp³-hybridized carbons (Fsp3) is 0.357. The Morgan fingerprint density at radius 2 is 2.06 bits per heavy atom. The van der Waals surface area contributed by atoms with Gasteiger partial charge in [0.25, 0.3) is 5.91 Å². The number of halogens is 1. The highest BCUT2D eigenvalue weighted by Crippen LogP contribution is 2.17. The van der Waals surface area contributed by atoms with Crippen LogP contribution in [0.5, 0.6) is 5.75 Å². The Bertz CT molecular complexity index is 476. The smallest absolute Gasteiger partial charge is 0.296 e. The molecule has 0 heterocycles. The van der Waals surface area contributed by atoms with E-state index in [0.29, 0.717) is 0 Å². The summed E-state index contributed by atoms with van der Waals surface area (Å²) in [5, 5.41) is 2.66. The first kappa shape index (κ1) is 14.0. The topological polar surface area (TPSA) is 38.3 Å². The van der Waals surface area contributed by atoms with E-state index in [1.807, 2.05) is 0 Å². The second-order valence-corrected chi connectivity index (χ2v) is 3.89. The van der Waals surface area contributed by atoms with Gasteiger partial charge in [-0.2, -0.15) is 0 Å². The molecule has 0 aliphatic heterocycles. The van der Waals surface area contributed by atoms with Crippen LogP contribution in [0.15, 0.2) is 24.3 Å². The number of para-hydroxylation sites is 1. The summed E-state index contributed by atoms with van der Waals surface area (Å²) >= 11 is 0. The van der Waals surface area contributed by atoms with Gasteiger partial charge in [-0.3, -0.25) is 4.79 Å². The molecular weight excluding hydrogens is 233 g/mol. The third-order valence-corrected chi connectivity index (χ3v) is 2.45. The number of nitrogens with one attached hydrogen (secondary N) is 1. The van der Waals surface area contributed by atoms with Crippen molar-refractivity contribution in [3.05, 3.63) is 30.1 Å². The molecule has 4 heteroatoms. The van der Waals surface area contributed by atoms with E-state index in [1.165, 1.54) is 6.07 Å². The van der Waals surface area contributed by atoms with Gasteiger partial charge in [-0.05, 0) is 38.8 Å². The summed E-state index contributed by atoms with van der Waals surface area (Å²) in [5.74, 6) is 4.27. The first-order valence-corrected chi connectivity index (χ1v) is 5.69. The fourth-order valence-electron chi connectivity index (χ4n) is 1.32. The Hall–Kier alpha value is -2.02. The van der Waals surface area contributed by atoms with Gasteiger partial charge in [0.2, 0.25) is 0 Å². The molecule has 1 aromatic rings. The van der Waals surface area contributed by atoms with E-state index in [-0.39, 0.29) is 23.8 Å². The highest BCUT2D eigenvalue weighted by molar-refractivity contribution is 5.93. The van der Waals surface area contributed by atoms with Crippen LogP contribution in [0.25, 0.3) is 0 Å². The van der Waals surface area contributed by atoms with Gasteiger partial charge in [0.1, 0.15) is 6.10 Å². The molecule has 96 valence electrons. The van der Waals surface area contributed by atoms with Crippen molar-refractivity contribution in [1.29, 1.82) is 0 Å². The van der Waals surface area contributed by atoms with Crippen molar-refractivity contribution < 1.29 is 13.9 Å². The normalized spacial score (nSPS) is 12.9. The molecule has 1 amide bonds. The largest absolute Gasteiger partial charge is 0.486 e. The average molecular weight is 249 g/mol. The number of rotatable bonds is 4. The van der Waals surface area contributed by atoms with Crippen LogP contribution in [0.4, 0.5) is 4.39 Å². The fourth-order valence-corrected chi connectivity index (χ4v) is 1.32. The summed E-state index contributed by atoms with van der Waals surface area (Å²) in [4.78, 5) is 11.3. The zero-order valence-corrected chi connectivity index (χ0v) is 10.7. The zero-order valence-electron chi connectivity index (χ0n) is 10.7. The third-order valence-electron chi connectivity index (χ3n) is 2.45. The maximum Gasteiger partial charge on any atom is 0.296 e. The number of benzene rings is 1. The molecule has 0 bridgehead atoms. The number of hydrogen-bond acceptors (Lipinski definition) is 2. The van der Waals surface area contributed by atoms with Crippen LogP contribution in [0.3, 0.4) is 0 Å². The Kier molecular flexibility index (Phi) is 5.19. The minimum atomic E-state index is -0.420. The summed E-state index contributed by atoms with van der Waals surface area (Å²) < 4.78 is 18.8. The summed E-state index contributed by atoms with van der Waals surface area (Å²) in [6.07, 6.45) is -0.357. The van der Waals surface area contributed by atoms with Crippen LogP contribution in [0, 0.1) is 17.7 Å². The minimum absolute atomic E-state index is 0.174. The van der Waals surface area contributed by atoms with E-state index in [2.05, 4.69) is 17.2 Å². The van der Waals surface area contributed by atoms with Crippen LogP contribution in [0.1, 0.15) is 20.8 Å². The molecule has 2 unspecified atom stereocenters. The Morgan fingerprint density at radius 3 is 2.67 bits per heavy atom. The van der Waals surface area contributed by atoms with Crippen LogP contribution in [-0.2, 0) is 4.79 Å². The average Bonchev–Trinajstić information content (AvgIpc) is 2.32. The van der Waals surface area contributed by atoms with Crippen molar-refractivity contribution >= 4 is 5.91 Å². The first-order valence-electron chi connectivity index (χ1n) is 5.69. The van der Waals surface area contributed by atoms with Crippen LogP contribution >= 0.6 is 0 Å². The molecule has 1 aromatic carbocycles. The van der Waals surface area contributed by atoms with E-state index >= 15 is 0 Å². The molecule has 1 N–H and O–H groups in total. The van der Waals surface area contributed by atoms with Gasteiger partial charge in [-0.15, -0.1) is 0 Å². The highest BCUT2D eigenvalue weighted by Gasteiger charge is 2.16. The van der Waals surface area contributed by atoms with Crippen molar-refractivity contribution in [2.24, 2.45) is 0 Å². The molecule has 2 atom stereocenters. The van der Waals surface area contributed by atoms with Gasteiger partial charge in [0.15, 0.2) is 11.6 Å². The van der Waals surface area contributed by atoms with E-state index in [0.717, 1.165) is 0 Å². The molecule has 0 fully saturated rings. The monoisotopic (exact) mass is 249 g/mol. The van der Waals surface area contributed by atoms with Crippen molar-refractivity contribution in [2.45, 2.75) is 32.9 Å². The van der Waals surface area contributed by atoms with Gasteiger partial charge in [0, 0.05) is 0 Å². The molecule has 0 spiro atoms. The maximum atomic E-state index is 13.4. The number of carbonyl (C=O) groups excluding carboxylic acids is 1. The SMILES string of the molecule is CC#CC(=O)NC(C)C(C)Oc1ccccc1F. The third kappa shape index (κ3) is 4.10. The summed E-state index contributed by atoms with van der Waals surface area (Å²) in [5.41, 5.74) is 0. The van der Waals surface area contributed by atoms with E-state index < -0.39 is 5.82 Å². The standard InChI is InChI=1S/C14H16FNO2/c1-4-7-14(17)16-10(2)11(3)18-13-9-6-5-8-12(13)15/h5-6,8-11H,1-3H3,(H,16,17). The van der Waals surface area contributed by atoms with E-state index in [9.17, 15) is 9.18 Å². The number of ether oxygens (including phenoxy) is 1. The zero-order chi connectivity index (χ0) is 13.5. The lowest BCUT2D eigenvalue weighted by atomic mass is 10.2. The number of hydrogen-bond donors (Lipinski definition) is 1. The van der Waals surface area contributed by atoms with Crippen molar-refractivity contribution in [1.82, 2.24) is 5.32 Å². The lowest BCUT2D eigenvalue weighted by Gasteiger charge is -2.21. The van der Waals surface area contributed by atoms with E-state index in [1.54, 1.807) is 39.0 Å². The molecule has 1 rings (SSSR count). The number of carbonyl (C=O) groups is 1. The summed E-state index contributed by atoms with van der Waals surface area (Å²) in [7, 11) is 0. The molecule has 0 aliphatic carbocycles. The van der Waals surface area contributed by atoms with Gasteiger partial charge >= 0.3 is 0 Å². The Balaban J connectivity index is 2.59. The molecule has 0 saturated carbocycles.